The molecule has 19 heavy (non-hydrogen) atoms. The van der Waals surface area contributed by atoms with Gasteiger partial charge in [0.05, 0.1) is 0 Å². The molecule has 0 amide bonds. The Labute approximate surface area is 122 Å². The summed E-state index contributed by atoms with van der Waals surface area (Å²) in [4.78, 5) is 7.42. The molecule has 0 radical (unpaired) electrons. The maximum Gasteiger partial charge on any atom is 0.301 e. The van der Waals surface area contributed by atoms with E-state index in [2.05, 4.69) is 14.7 Å². The molecular weight excluding hydrogens is 311 g/mol. The van der Waals surface area contributed by atoms with Crippen LogP contribution in [0.2, 0.25) is 10.3 Å². The highest BCUT2D eigenvalue weighted by molar-refractivity contribution is 7.90. The molecule has 2 heterocycles. The molecule has 1 saturated heterocycles. The SMILES string of the molecule is O=S(=O)(Nc1c(Cl)ncnc1Cl)N1CCCCCC1. The minimum absolute atomic E-state index is 0.0154. The Morgan fingerprint density at radius 1 is 1.05 bits per heavy atom. The van der Waals surface area contributed by atoms with Crippen molar-refractivity contribution in [2.75, 3.05) is 17.8 Å². The Hall–Kier alpha value is -0.630. The molecule has 1 aliphatic rings. The zero-order chi connectivity index (χ0) is 13.9. The van der Waals surface area contributed by atoms with Gasteiger partial charge in [-0.25, -0.2) is 9.97 Å². The van der Waals surface area contributed by atoms with Crippen molar-refractivity contribution < 1.29 is 8.42 Å². The quantitative estimate of drug-likeness (QED) is 0.866. The van der Waals surface area contributed by atoms with Crippen LogP contribution in [0, 0.1) is 0 Å². The van der Waals surface area contributed by atoms with Crippen LogP contribution in [0.1, 0.15) is 25.7 Å². The van der Waals surface area contributed by atoms with E-state index in [-0.39, 0.29) is 16.0 Å². The smallest absolute Gasteiger partial charge is 0.265 e. The van der Waals surface area contributed by atoms with Crippen molar-refractivity contribution >= 4 is 39.1 Å². The van der Waals surface area contributed by atoms with Gasteiger partial charge < -0.3 is 0 Å². The molecule has 1 aliphatic heterocycles. The highest BCUT2D eigenvalue weighted by Gasteiger charge is 2.25. The summed E-state index contributed by atoms with van der Waals surface area (Å²) in [5.41, 5.74) is 0.0232. The fourth-order valence-electron chi connectivity index (χ4n) is 1.90. The zero-order valence-electron chi connectivity index (χ0n) is 10.1. The number of nitrogens with zero attached hydrogens (tertiary/aromatic N) is 3. The van der Waals surface area contributed by atoms with Crippen LogP contribution in [-0.4, -0.2) is 35.8 Å². The number of nitrogens with one attached hydrogen (secondary N) is 1. The van der Waals surface area contributed by atoms with E-state index in [9.17, 15) is 8.42 Å². The second kappa shape index (κ2) is 6.21. The lowest BCUT2D eigenvalue weighted by Crippen LogP contribution is -2.36. The molecule has 2 rings (SSSR count). The summed E-state index contributed by atoms with van der Waals surface area (Å²) in [5, 5.41) is -0.0307. The van der Waals surface area contributed by atoms with E-state index in [4.69, 9.17) is 23.2 Å². The van der Waals surface area contributed by atoms with Gasteiger partial charge in [-0.05, 0) is 12.8 Å². The van der Waals surface area contributed by atoms with Crippen molar-refractivity contribution in [1.29, 1.82) is 0 Å². The van der Waals surface area contributed by atoms with Crippen LogP contribution in [0.4, 0.5) is 5.69 Å². The molecule has 0 spiro atoms. The highest BCUT2D eigenvalue weighted by atomic mass is 35.5. The molecule has 1 N–H and O–H groups in total. The van der Waals surface area contributed by atoms with Crippen LogP contribution in [0.25, 0.3) is 0 Å². The summed E-state index contributed by atoms with van der Waals surface area (Å²) in [6.45, 7) is 0.997. The fourth-order valence-corrected chi connectivity index (χ4v) is 3.74. The second-order valence-corrected chi connectivity index (χ2v) is 6.64. The van der Waals surface area contributed by atoms with Gasteiger partial charge in [-0.2, -0.15) is 12.7 Å². The normalized spacial score (nSPS) is 18.0. The van der Waals surface area contributed by atoms with Crippen LogP contribution < -0.4 is 4.72 Å². The molecule has 9 heteroatoms. The first kappa shape index (κ1) is 14.8. The molecule has 0 bridgehead atoms. The molecule has 1 aromatic rings. The number of hydrogen-bond donors (Lipinski definition) is 1. The molecule has 106 valence electrons. The maximum absolute atomic E-state index is 12.3. The van der Waals surface area contributed by atoms with Crippen LogP contribution in [0.5, 0.6) is 0 Å². The van der Waals surface area contributed by atoms with E-state index in [1.807, 2.05) is 0 Å². The van der Waals surface area contributed by atoms with E-state index in [0.29, 0.717) is 13.1 Å². The number of hydrogen-bond acceptors (Lipinski definition) is 4. The third-order valence-corrected chi connectivity index (χ3v) is 4.97. The van der Waals surface area contributed by atoms with E-state index < -0.39 is 10.2 Å². The molecule has 0 aromatic carbocycles. The first-order valence-corrected chi connectivity index (χ1v) is 8.14. The van der Waals surface area contributed by atoms with Crippen molar-refractivity contribution in [3.8, 4) is 0 Å². The second-order valence-electron chi connectivity index (χ2n) is 4.25. The molecule has 6 nitrogen and oxygen atoms in total. The zero-order valence-corrected chi connectivity index (χ0v) is 12.5. The van der Waals surface area contributed by atoms with Gasteiger partial charge in [0.1, 0.15) is 12.0 Å². The van der Waals surface area contributed by atoms with Gasteiger partial charge >= 0.3 is 10.2 Å². The summed E-state index contributed by atoms with van der Waals surface area (Å²) in [7, 11) is -3.67. The Kier molecular flexibility index (Phi) is 4.83. The molecule has 0 aliphatic carbocycles. The van der Waals surface area contributed by atoms with Crippen LogP contribution in [-0.2, 0) is 10.2 Å². The Bertz CT molecular complexity index is 524. The van der Waals surface area contributed by atoms with Gasteiger partial charge in [0.2, 0.25) is 0 Å². The van der Waals surface area contributed by atoms with Gasteiger partial charge in [0.25, 0.3) is 0 Å². The van der Waals surface area contributed by atoms with Gasteiger partial charge in [0, 0.05) is 13.1 Å². The number of rotatable bonds is 3. The largest absolute Gasteiger partial charge is 0.301 e. The lowest BCUT2D eigenvalue weighted by molar-refractivity contribution is 0.427. The Morgan fingerprint density at radius 2 is 1.58 bits per heavy atom. The summed E-state index contributed by atoms with van der Waals surface area (Å²) >= 11 is 11.7. The van der Waals surface area contributed by atoms with E-state index in [1.165, 1.54) is 10.6 Å². The van der Waals surface area contributed by atoms with Crippen molar-refractivity contribution in [2.24, 2.45) is 0 Å². The fraction of sp³-hybridized carbons (Fsp3) is 0.600. The van der Waals surface area contributed by atoms with Crippen molar-refractivity contribution in [3.05, 3.63) is 16.6 Å². The van der Waals surface area contributed by atoms with Crippen molar-refractivity contribution in [1.82, 2.24) is 14.3 Å². The topological polar surface area (TPSA) is 75.2 Å². The van der Waals surface area contributed by atoms with Gasteiger partial charge in [-0.1, -0.05) is 36.0 Å². The highest BCUT2D eigenvalue weighted by Crippen LogP contribution is 2.27. The average molecular weight is 325 g/mol. The first-order valence-electron chi connectivity index (χ1n) is 5.94. The number of aromatic nitrogens is 2. The molecular formula is C10H14Cl2N4O2S. The lowest BCUT2D eigenvalue weighted by atomic mass is 10.2. The maximum atomic E-state index is 12.3. The van der Waals surface area contributed by atoms with Crippen LogP contribution >= 0.6 is 23.2 Å². The van der Waals surface area contributed by atoms with Crippen LogP contribution in [0.3, 0.4) is 0 Å². The Balaban J connectivity index is 2.20. The van der Waals surface area contributed by atoms with Crippen LogP contribution in [0.15, 0.2) is 6.33 Å². The predicted octanol–water partition coefficient (Wildman–Crippen LogP) is 2.32. The lowest BCUT2D eigenvalue weighted by Gasteiger charge is -2.21. The third kappa shape index (κ3) is 3.68. The minimum Gasteiger partial charge on any atom is -0.265 e. The summed E-state index contributed by atoms with van der Waals surface area (Å²) in [6, 6.07) is 0. The summed E-state index contributed by atoms with van der Waals surface area (Å²) in [5.74, 6) is 0. The molecule has 1 aromatic heterocycles. The third-order valence-electron chi connectivity index (χ3n) is 2.89. The van der Waals surface area contributed by atoms with E-state index in [1.54, 1.807) is 0 Å². The monoisotopic (exact) mass is 324 g/mol. The first-order chi connectivity index (χ1) is 9.00. The number of halogens is 2. The predicted molar refractivity (Wildman–Crippen MR) is 74.6 cm³/mol. The van der Waals surface area contributed by atoms with Gasteiger partial charge in [0.15, 0.2) is 10.3 Å². The molecule has 0 atom stereocenters. The molecule has 0 unspecified atom stereocenters. The van der Waals surface area contributed by atoms with Crippen molar-refractivity contribution in [2.45, 2.75) is 25.7 Å². The summed E-state index contributed by atoms with van der Waals surface area (Å²) in [6.07, 6.45) is 4.97. The average Bonchev–Trinajstić information content (AvgIpc) is 2.63. The summed E-state index contributed by atoms with van der Waals surface area (Å²) < 4.78 is 28.3. The Morgan fingerprint density at radius 3 is 2.11 bits per heavy atom. The minimum atomic E-state index is -3.67. The molecule has 0 saturated carbocycles. The van der Waals surface area contributed by atoms with E-state index in [0.717, 1.165) is 25.7 Å². The van der Waals surface area contributed by atoms with Gasteiger partial charge in [-0.15, -0.1) is 0 Å². The standard InChI is InChI=1S/C10H14Cl2N4O2S/c11-9-8(10(12)14-7-13-9)15-19(17,18)16-5-3-1-2-4-6-16/h7,15H,1-6H2. The van der Waals surface area contributed by atoms with Crippen molar-refractivity contribution in [3.63, 3.8) is 0 Å². The van der Waals surface area contributed by atoms with E-state index >= 15 is 0 Å². The number of anilines is 1. The molecule has 1 fully saturated rings. The van der Waals surface area contributed by atoms with Gasteiger partial charge in [-0.3, -0.25) is 4.72 Å².